The Morgan fingerprint density at radius 3 is 2.13 bits per heavy atom. The van der Waals surface area contributed by atoms with Crippen molar-refractivity contribution in [2.24, 2.45) is 11.1 Å². The van der Waals surface area contributed by atoms with E-state index in [0.29, 0.717) is 6.42 Å². The van der Waals surface area contributed by atoms with Crippen molar-refractivity contribution in [1.29, 1.82) is 0 Å². The largest absolute Gasteiger partial charge is 0.480 e. The number of carboxylic acid groups (broad SMARTS) is 1. The van der Waals surface area contributed by atoms with Crippen LogP contribution in [0.5, 0.6) is 0 Å². The Morgan fingerprint density at radius 1 is 1.20 bits per heavy atom. The molecule has 15 heavy (non-hydrogen) atoms. The molecule has 0 bridgehead atoms. The van der Waals surface area contributed by atoms with Gasteiger partial charge in [-0.1, -0.05) is 33.6 Å². The van der Waals surface area contributed by atoms with Gasteiger partial charge in [0.15, 0.2) is 0 Å². The van der Waals surface area contributed by atoms with Crippen LogP contribution in [-0.2, 0) is 4.79 Å². The first-order valence-electron chi connectivity index (χ1n) is 5.73. The Balaban J connectivity index is 4.07. The van der Waals surface area contributed by atoms with Gasteiger partial charge in [-0.05, 0) is 31.6 Å². The molecule has 90 valence electrons. The molecule has 0 fully saturated rings. The second kappa shape index (κ2) is 5.50. The maximum absolute atomic E-state index is 10.8. The van der Waals surface area contributed by atoms with Crippen LogP contribution in [-0.4, -0.2) is 16.6 Å². The van der Waals surface area contributed by atoms with E-state index in [1.165, 1.54) is 12.8 Å². The van der Waals surface area contributed by atoms with Crippen molar-refractivity contribution in [2.45, 2.75) is 65.3 Å². The van der Waals surface area contributed by atoms with E-state index in [2.05, 4.69) is 20.8 Å². The van der Waals surface area contributed by atoms with E-state index in [0.717, 1.165) is 12.8 Å². The molecule has 0 spiro atoms. The predicted octanol–water partition coefficient (Wildman–Crippen LogP) is 2.79. The molecule has 3 N–H and O–H groups in total. The monoisotopic (exact) mass is 215 g/mol. The molecule has 0 amide bonds. The van der Waals surface area contributed by atoms with Gasteiger partial charge in [-0.25, -0.2) is 0 Å². The van der Waals surface area contributed by atoms with Crippen molar-refractivity contribution in [3.63, 3.8) is 0 Å². The molecule has 0 aromatic carbocycles. The maximum Gasteiger partial charge on any atom is 0.323 e. The summed E-state index contributed by atoms with van der Waals surface area (Å²) in [5.74, 6) is -0.909. The number of nitrogens with two attached hydrogens (primary N) is 1. The predicted molar refractivity (Wildman–Crippen MR) is 62.8 cm³/mol. The molecule has 0 aliphatic rings. The third kappa shape index (κ3) is 5.78. The number of carboxylic acids is 1. The fraction of sp³-hybridized carbons (Fsp3) is 0.917. The lowest BCUT2D eigenvalue weighted by atomic mass is 9.79. The van der Waals surface area contributed by atoms with Gasteiger partial charge in [-0.2, -0.15) is 0 Å². The summed E-state index contributed by atoms with van der Waals surface area (Å²) in [6.45, 7) is 8.12. The van der Waals surface area contributed by atoms with Crippen LogP contribution >= 0.6 is 0 Å². The Labute approximate surface area is 93.0 Å². The third-order valence-electron chi connectivity index (χ3n) is 3.02. The number of carbonyl (C=O) groups is 1. The Bertz CT molecular complexity index is 210. The summed E-state index contributed by atoms with van der Waals surface area (Å²) in [7, 11) is 0. The number of aliphatic carboxylic acids is 1. The lowest BCUT2D eigenvalue weighted by Gasteiger charge is -2.28. The van der Waals surface area contributed by atoms with Crippen LogP contribution in [0, 0.1) is 5.41 Å². The zero-order valence-electron chi connectivity index (χ0n) is 10.5. The average Bonchev–Trinajstić information content (AvgIpc) is 2.12. The van der Waals surface area contributed by atoms with Crippen molar-refractivity contribution < 1.29 is 9.90 Å². The molecular formula is C12H25NO2. The minimum atomic E-state index is -1.08. The van der Waals surface area contributed by atoms with Gasteiger partial charge in [0.05, 0.1) is 0 Å². The molecular weight excluding hydrogens is 190 g/mol. The summed E-state index contributed by atoms with van der Waals surface area (Å²) in [6, 6.07) is 0. The first-order chi connectivity index (χ1) is 6.71. The van der Waals surface area contributed by atoms with E-state index >= 15 is 0 Å². The van der Waals surface area contributed by atoms with Gasteiger partial charge in [0.1, 0.15) is 5.54 Å². The summed E-state index contributed by atoms with van der Waals surface area (Å²) in [6.07, 6.45) is 4.92. The van der Waals surface area contributed by atoms with Crippen molar-refractivity contribution in [3.8, 4) is 0 Å². The van der Waals surface area contributed by atoms with Crippen molar-refractivity contribution in [2.75, 3.05) is 0 Å². The summed E-state index contributed by atoms with van der Waals surface area (Å²) in [5, 5.41) is 8.89. The quantitative estimate of drug-likeness (QED) is 0.686. The van der Waals surface area contributed by atoms with Crippen LogP contribution in [0.15, 0.2) is 0 Å². The van der Waals surface area contributed by atoms with Crippen molar-refractivity contribution in [3.05, 3.63) is 0 Å². The van der Waals surface area contributed by atoms with Gasteiger partial charge >= 0.3 is 5.97 Å². The molecule has 0 rings (SSSR count). The molecule has 3 heteroatoms. The summed E-state index contributed by atoms with van der Waals surface area (Å²) in [4.78, 5) is 10.8. The number of unbranched alkanes of at least 4 members (excludes halogenated alkanes) is 1. The fourth-order valence-electron chi connectivity index (χ4n) is 1.49. The summed E-state index contributed by atoms with van der Waals surface area (Å²) in [5.41, 5.74) is 4.82. The number of hydrogen-bond acceptors (Lipinski definition) is 2. The van der Waals surface area contributed by atoms with Gasteiger partial charge in [-0.3, -0.25) is 4.79 Å². The van der Waals surface area contributed by atoms with Gasteiger partial charge in [0.2, 0.25) is 0 Å². The number of hydrogen-bond donors (Lipinski definition) is 2. The Morgan fingerprint density at radius 2 is 1.73 bits per heavy atom. The zero-order chi connectivity index (χ0) is 12.1. The zero-order valence-corrected chi connectivity index (χ0v) is 10.5. The molecule has 3 nitrogen and oxygen atoms in total. The molecule has 0 heterocycles. The number of rotatable bonds is 7. The first-order valence-corrected chi connectivity index (χ1v) is 5.73. The van der Waals surface area contributed by atoms with Crippen molar-refractivity contribution in [1.82, 2.24) is 0 Å². The molecule has 0 radical (unpaired) electrons. The van der Waals surface area contributed by atoms with Crippen LogP contribution in [0.4, 0.5) is 0 Å². The molecule has 0 saturated heterocycles. The Hall–Kier alpha value is -0.570. The minimum absolute atomic E-state index is 0.200. The van der Waals surface area contributed by atoms with Gasteiger partial charge in [0.25, 0.3) is 0 Å². The SMILES string of the molecule is CCCCC(C)(C)CCC(C)(N)C(=O)O. The van der Waals surface area contributed by atoms with E-state index in [9.17, 15) is 4.79 Å². The van der Waals surface area contributed by atoms with E-state index in [1.54, 1.807) is 6.92 Å². The second-order valence-electron chi connectivity index (χ2n) is 5.49. The molecule has 0 saturated carbocycles. The normalized spacial score (nSPS) is 16.1. The molecule has 0 aliphatic carbocycles. The topological polar surface area (TPSA) is 63.3 Å². The van der Waals surface area contributed by atoms with Crippen LogP contribution in [0.1, 0.15) is 59.8 Å². The standard InChI is InChI=1S/C12H25NO2/c1-5-6-7-11(2,3)8-9-12(4,13)10(14)15/h5-9,13H2,1-4H3,(H,14,15). The Kier molecular flexibility index (Phi) is 5.29. The second-order valence-corrected chi connectivity index (χ2v) is 5.49. The lowest BCUT2D eigenvalue weighted by Crippen LogP contribution is -2.45. The smallest absolute Gasteiger partial charge is 0.323 e. The van der Waals surface area contributed by atoms with E-state index in [-0.39, 0.29) is 5.41 Å². The highest BCUT2D eigenvalue weighted by atomic mass is 16.4. The molecule has 0 aromatic heterocycles. The van der Waals surface area contributed by atoms with Gasteiger partial charge in [0, 0.05) is 0 Å². The van der Waals surface area contributed by atoms with Gasteiger partial charge < -0.3 is 10.8 Å². The highest BCUT2D eigenvalue weighted by Gasteiger charge is 2.30. The summed E-state index contributed by atoms with van der Waals surface area (Å²) < 4.78 is 0. The van der Waals surface area contributed by atoms with Crippen molar-refractivity contribution >= 4 is 5.97 Å². The molecule has 1 atom stereocenters. The lowest BCUT2D eigenvalue weighted by molar-refractivity contribution is -0.143. The van der Waals surface area contributed by atoms with Crippen LogP contribution in [0.3, 0.4) is 0 Å². The molecule has 1 unspecified atom stereocenters. The third-order valence-corrected chi connectivity index (χ3v) is 3.02. The highest BCUT2D eigenvalue weighted by molar-refractivity contribution is 5.77. The van der Waals surface area contributed by atoms with E-state index in [1.807, 2.05) is 0 Å². The molecule has 0 aliphatic heterocycles. The minimum Gasteiger partial charge on any atom is -0.480 e. The van der Waals surface area contributed by atoms with E-state index in [4.69, 9.17) is 10.8 Å². The van der Waals surface area contributed by atoms with Crippen LogP contribution < -0.4 is 5.73 Å². The highest BCUT2D eigenvalue weighted by Crippen LogP contribution is 2.31. The van der Waals surface area contributed by atoms with Crippen LogP contribution in [0.25, 0.3) is 0 Å². The fourth-order valence-corrected chi connectivity index (χ4v) is 1.49. The molecule has 0 aromatic rings. The summed E-state index contributed by atoms with van der Waals surface area (Å²) >= 11 is 0. The van der Waals surface area contributed by atoms with E-state index < -0.39 is 11.5 Å². The van der Waals surface area contributed by atoms with Crippen LogP contribution in [0.2, 0.25) is 0 Å². The first kappa shape index (κ1) is 14.4. The average molecular weight is 215 g/mol. The maximum atomic E-state index is 10.8. The van der Waals surface area contributed by atoms with Gasteiger partial charge in [-0.15, -0.1) is 0 Å².